The fourth-order valence-electron chi connectivity index (χ4n) is 1.37. The summed E-state index contributed by atoms with van der Waals surface area (Å²) in [6.07, 6.45) is 0.124. The van der Waals surface area contributed by atoms with Crippen molar-refractivity contribution in [2.45, 2.75) is 6.42 Å². The van der Waals surface area contributed by atoms with Gasteiger partial charge in [-0.3, -0.25) is 19.2 Å². The molecule has 0 spiro atoms. The average Bonchev–Trinajstić information content (AvgIpc) is 2.77. The van der Waals surface area contributed by atoms with Crippen LogP contribution in [0.1, 0.15) is 6.42 Å². The number of nitrogens with one attached hydrogen (secondary N) is 2. The number of carboxylic acids is 1. The lowest BCUT2D eigenvalue weighted by atomic mass is 10.3. The Morgan fingerprint density at radius 3 is 2.47 bits per heavy atom. The van der Waals surface area contributed by atoms with E-state index in [9.17, 15) is 19.2 Å². The van der Waals surface area contributed by atoms with Gasteiger partial charge in [0, 0.05) is 25.3 Å². The van der Waals surface area contributed by atoms with Crippen molar-refractivity contribution in [3.05, 3.63) is 0 Å². The molecule has 19 heavy (non-hydrogen) atoms. The molecule has 1 heterocycles. The third-order valence-electron chi connectivity index (χ3n) is 2.34. The molecule has 1 fully saturated rings. The molecule has 0 saturated carbocycles. The van der Waals surface area contributed by atoms with Crippen LogP contribution in [0, 0.1) is 0 Å². The van der Waals surface area contributed by atoms with Crippen LogP contribution in [-0.4, -0.2) is 65.0 Å². The number of carbonyl (C=O) groups excluding carboxylic acids is 3. The summed E-state index contributed by atoms with van der Waals surface area (Å²) >= 11 is 1.22. The van der Waals surface area contributed by atoms with Gasteiger partial charge in [0.05, 0.1) is 6.54 Å². The quantitative estimate of drug-likeness (QED) is 0.546. The maximum absolute atomic E-state index is 11.4. The van der Waals surface area contributed by atoms with E-state index in [1.54, 1.807) is 4.90 Å². The number of amides is 3. The van der Waals surface area contributed by atoms with Crippen LogP contribution >= 0.6 is 11.8 Å². The molecule has 0 radical (unpaired) electrons. The zero-order chi connectivity index (χ0) is 14.3. The lowest BCUT2D eigenvalue weighted by Gasteiger charge is -2.13. The molecule has 1 rings (SSSR count). The van der Waals surface area contributed by atoms with Crippen molar-refractivity contribution in [1.29, 1.82) is 0 Å². The summed E-state index contributed by atoms with van der Waals surface area (Å²) in [5.74, 6) is -1.33. The van der Waals surface area contributed by atoms with Gasteiger partial charge in [-0.15, -0.1) is 0 Å². The molecule has 1 saturated heterocycles. The Kier molecular flexibility index (Phi) is 6.13. The average molecular weight is 289 g/mol. The maximum Gasteiger partial charge on any atom is 0.322 e. The zero-order valence-corrected chi connectivity index (χ0v) is 11.0. The Labute approximate surface area is 113 Å². The van der Waals surface area contributed by atoms with E-state index in [1.165, 1.54) is 11.8 Å². The Bertz CT molecular complexity index is 387. The smallest absolute Gasteiger partial charge is 0.322 e. The van der Waals surface area contributed by atoms with Crippen LogP contribution in [0.15, 0.2) is 0 Å². The minimum Gasteiger partial charge on any atom is -0.480 e. The Balaban J connectivity index is 2.12. The Morgan fingerprint density at radius 1 is 1.21 bits per heavy atom. The first kappa shape index (κ1) is 15.3. The van der Waals surface area contributed by atoms with E-state index in [0.717, 1.165) is 5.75 Å². The Hall–Kier alpha value is -1.77. The van der Waals surface area contributed by atoms with Crippen LogP contribution in [0.2, 0.25) is 0 Å². The highest BCUT2D eigenvalue weighted by atomic mass is 32.2. The van der Waals surface area contributed by atoms with Gasteiger partial charge in [0.1, 0.15) is 6.54 Å². The number of hydrogen-bond acceptors (Lipinski definition) is 5. The second-order valence-electron chi connectivity index (χ2n) is 3.80. The highest BCUT2D eigenvalue weighted by Gasteiger charge is 2.21. The molecule has 0 unspecified atom stereocenters. The lowest BCUT2D eigenvalue weighted by Crippen LogP contribution is -2.40. The van der Waals surface area contributed by atoms with Crippen molar-refractivity contribution in [2.75, 3.05) is 31.9 Å². The molecular formula is C10H15N3O5S. The monoisotopic (exact) mass is 289 g/mol. The van der Waals surface area contributed by atoms with Gasteiger partial charge < -0.3 is 20.6 Å². The minimum absolute atomic E-state index is 0.0352. The number of nitrogens with zero attached hydrogens (tertiary/aromatic N) is 1. The van der Waals surface area contributed by atoms with Gasteiger partial charge in [-0.25, -0.2) is 0 Å². The van der Waals surface area contributed by atoms with Crippen LogP contribution in [-0.2, 0) is 14.4 Å². The van der Waals surface area contributed by atoms with Crippen LogP contribution < -0.4 is 10.6 Å². The van der Waals surface area contributed by atoms with E-state index in [-0.39, 0.29) is 24.1 Å². The summed E-state index contributed by atoms with van der Waals surface area (Å²) in [6.45, 7) is 0.216. The van der Waals surface area contributed by atoms with Crippen molar-refractivity contribution < 1.29 is 24.3 Å². The molecule has 0 aromatic heterocycles. The summed E-state index contributed by atoms with van der Waals surface area (Å²) in [4.78, 5) is 45.5. The molecule has 1 aliphatic heterocycles. The van der Waals surface area contributed by atoms with Gasteiger partial charge in [-0.1, -0.05) is 11.8 Å². The van der Waals surface area contributed by atoms with Crippen LogP contribution in [0.4, 0.5) is 4.79 Å². The number of carboxylic acid groups (broad SMARTS) is 1. The van der Waals surface area contributed by atoms with Crippen molar-refractivity contribution in [3.63, 3.8) is 0 Å². The Morgan fingerprint density at radius 2 is 1.89 bits per heavy atom. The normalized spacial score (nSPS) is 14.3. The van der Waals surface area contributed by atoms with Crippen molar-refractivity contribution >= 4 is 34.8 Å². The standard InChI is InChI=1S/C10H15N3O5S/c14-7(1-2-13-3-4-19-10(13)18)11-5-8(15)12-6-9(16)17/h1-6H2,(H,11,14)(H,12,15)(H,16,17). The van der Waals surface area contributed by atoms with E-state index < -0.39 is 18.4 Å². The fourth-order valence-corrected chi connectivity index (χ4v) is 2.22. The summed E-state index contributed by atoms with van der Waals surface area (Å²) in [7, 11) is 0. The molecule has 0 aromatic carbocycles. The minimum atomic E-state index is -1.15. The molecule has 8 nitrogen and oxygen atoms in total. The number of hydrogen-bond donors (Lipinski definition) is 3. The number of aliphatic carboxylic acids is 1. The summed E-state index contributed by atoms with van der Waals surface area (Å²) in [5.41, 5.74) is 0. The molecule has 0 aromatic rings. The maximum atomic E-state index is 11.4. The predicted octanol–water partition coefficient (Wildman–Crippen LogP) is -1.14. The van der Waals surface area contributed by atoms with Gasteiger partial charge in [0.15, 0.2) is 0 Å². The van der Waals surface area contributed by atoms with Crippen molar-refractivity contribution in [1.82, 2.24) is 15.5 Å². The molecular weight excluding hydrogens is 274 g/mol. The molecule has 9 heteroatoms. The predicted molar refractivity (Wildman–Crippen MR) is 67.7 cm³/mol. The second-order valence-corrected chi connectivity index (χ2v) is 4.84. The zero-order valence-electron chi connectivity index (χ0n) is 10.2. The second kappa shape index (κ2) is 7.62. The summed E-state index contributed by atoms with van der Waals surface area (Å²) < 4.78 is 0. The van der Waals surface area contributed by atoms with E-state index in [2.05, 4.69) is 10.6 Å². The van der Waals surface area contributed by atoms with E-state index in [1.807, 2.05) is 0 Å². The van der Waals surface area contributed by atoms with Gasteiger partial charge in [0.25, 0.3) is 5.24 Å². The van der Waals surface area contributed by atoms with E-state index >= 15 is 0 Å². The van der Waals surface area contributed by atoms with Gasteiger partial charge in [-0.05, 0) is 0 Å². The van der Waals surface area contributed by atoms with Gasteiger partial charge >= 0.3 is 5.97 Å². The molecule has 0 atom stereocenters. The highest BCUT2D eigenvalue weighted by molar-refractivity contribution is 8.13. The van der Waals surface area contributed by atoms with Crippen LogP contribution in [0.25, 0.3) is 0 Å². The number of thioether (sulfide) groups is 1. The summed E-state index contributed by atoms with van der Waals surface area (Å²) in [5, 5.41) is 12.8. The first-order valence-corrected chi connectivity index (χ1v) is 6.64. The first-order chi connectivity index (χ1) is 8.99. The molecule has 0 bridgehead atoms. The fraction of sp³-hybridized carbons (Fsp3) is 0.600. The largest absolute Gasteiger partial charge is 0.480 e. The van der Waals surface area contributed by atoms with Gasteiger partial charge in [0.2, 0.25) is 11.8 Å². The third-order valence-corrected chi connectivity index (χ3v) is 3.23. The van der Waals surface area contributed by atoms with Crippen LogP contribution in [0.5, 0.6) is 0 Å². The van der Waals surface area contributed by atoms with Crippen molar-refractivity contribution in [2.24, 2.45) is 0 Å². The molecule has 3 amide bonds. The lowest BCUT2D eigenvalue weighted by molar-refractivity contribution is -0.137. The van der Waals surface area contributed by atoms with E-state index in [0.29, 0.717) is 13.1 Å². The SMILES string of the molecule is O=C(O)CNC(=O)CNC(=O)CCN1CCSC1=O. The number of rotatable bonds is 7. The van der Waals surface area contributed by atoms with Crippen molar-refractivity contribution in [3.8, 4) is 0 Å². The van der Waals surface area contributed by atoms with E-state index in [4.69, 9.17) is 5.11 Å². The van der Waals surface area contributed by atoms with Crippen LogP contribution in [0.3, 0.4) is 0 Å². The molecule has 0 aliphatic carbocycles. The van der Waals surface area contributed by atoms with Gasteiger partial charge in [-0.2, -0.15) is 0 Å². The molecule has 106 valence electrons. The highest BCUT2D eigenvalue weighted by Crippen LogP contribution is 2.16. The first-order valence-electron chi connectivity index (χ1n) is 5.66. The third kappa shape index (κ3) is 6.09. The topological polar surface area (TPSA) is 116 Å². The number of carbonyl (C=O) groups is 4. The molecule has 1 aliphatic rings. The summed E-state index contributed by atoms with van der Waals surface area (Å²) in [6, 6.07) is 0. The molecule has 3 N–H and O–H groups in total.